The van der Waals surface area contributed by atoms with Crippen molar-refractivity contribution in [1.82, 2.24) is 10.2 Å². The van der Waals surface area contributed by atoms with Gasteiger partial charge in [-0.05, 0) is 67.8 Å². The summed E-state index contributed by atoms with van der Waals surface area (Å²) < 4.78 is 0. The molecule has 6 fully saturated rings. The van der Waals surface area contributed by atoms with Crippen LogP contribution in [0.25, 0.3) is 0 Å². The van der Waals surface area contributed by atoms with Crippen LogP contribution in [0.4, 0.5) is 0 Å². The number of hydrogen-bond acceptors (Lipinski definition) is 5. The van der Waals surface area contributed by atoms with E-state index in [0.717, 1.165) is 19.1 Å². The highest BCUT2D eigenvalue weighted by Gasteiger charge is 2.79. The van der Waals surface area contributed by atoms with E-state index in [2.05, 4.69) is 41.4 Å². The SMILES string of the molecule is CC(c1ccc(C=O)cc1)C1C2C=CC3N1C3(O)C2C1CC2CCC3CCCC34C(O)CC2C4N1. The minimum absolute atomic E-state index is 0.0738. The van der Waals surface area contributed by atoms with E-state index in [-0.39, 0.29) is 35.4 Å². The number of aliphatic hydroxyl groups is 2. The summed E-state index contributed by atoms with van der Waals surface area (Å²) in [6, 6.07) is 9.16. The predicted octanol–water partition coefficient (Wildman–Crippen LogP) is 3.47. The monoisotopic (exact) mass is 474 g/mol. The van der Waals surface area contributed by atoms with Crippen LogP contribution in [-0.4, -0.2) is 57.4 Å². The number of nitrogens with zero attached hydrogens (tertiary/aromatic N) is 1. The molecule has 3 saturated heterocycles. The van der Waals surface area contributed by atoms with Crippen LogP contribution in [0.15, 0.2) is 36.4 Å². The van der Waals surface area contributed by atoms with Crippen molar-refractivity contribution in [1.29, 1.82) is 0 Å². The van der Waals surface area contributed by atoms with Crippen molar-refractivity contribution >= 4 is 6.29 Å². The van der Waals surface area contributed by atoms with Gasteiger partial charge in [-0.2, -0.15) is 0 Å². The number of carbonyl (C=O) groups excluding carboxylic acids is 1. The molecule has 4 heterocycles. The van der Waals surface area contributed by atoms with Crippen LogP contribution in [0.2, 0.25) is 0 Å². The van der Waals surface area contributed by atoms with Crippen molar-refractivity contribution in [3.8, 4) is 0 Å². The Bertz CT molecular complexity index is 1090. The first-order valence-corrected chi connectivity index (χ1v) is 14.2. The number of rotatable bonds is 4. The summed E-state index contributed by atoms with van der Waals surface area (Å²) in [5, 5.41) is 27.6. The number of benzene rings is 1. The number of carbonyl (C=O) groups is 1. The Morgan fingerprint density at radius 1 is 1.14 bits per heavy atom. The summed E-state index contributed by atoms with van der Waals surface area (Å²) in [6.07, 6.45) is 13.8. The summed E-state index contributed by atoms with van der Waals surface area (Å²) in [7, 11) is 0. The van der Waals surface area contributed by atoms with Gasteiger partial charge in [-0.25, -0.2) is 0 Å². The van der Waals surface area contributed by atoms with Crippen LogP contribution < -0.4 is 5.32 Å². The van der Waals surface area contributed by atoms with E-state index in [0.29, 0.717) is 41.3 Å². The summed E-state index contributed by atoms with van der Waals surface area (Å²) >= 11 is 0. The Morgan fingerprint density at radius 3 is 2.77 bits per heavy atom. The molecule has 5 nitrogen and oxygen atoms in total. The van der Waals surface area contributed by atoms with E-state index in [1.807, 2.05) is 12.1 Å². The molecule has 3 N–H and O–H groups in total. The number of nitrogens with one attached hydrogen (secondary N) is 1. The summed E-state index contributed by atoms with van der Waals surface area (Å²) in [5.41, 5.74) is 1.30. The summed E-state index contributed by atoms with van der Waals surface area (Å²) in [4.78, 5) is 13.5. The maximum atomic E-state index is 12.1. The molecule has 8 aliphatic rings. The van der Waals surface area contributed by atoms with Gasteiger partial charge in [-0.1, -0.05) is 49.8 Å². The lowest BCUT2D eigenvalue weighted by Gasteiger charge is -2.48. The van der Waals surface area contributed by atoms with Crippen LogP contribution in [0.3, 0.4) is 0 Å². The third-order valence-electron chi connectivity index (χ3n) is 12.2. The van der Waals surface area contributed by atoms with Gasteiger partial charge in [-0.3, -0.25) is 9.69 Å². The van der Waals surface area contributed by atoms with E-state index < -0.39 is 5.72 Å². The van der Waals surface area contributed by atoms with Crippen LogP contribution in [-0.2, 0) is 0 Å². The van der Waals surface area contributed by atoms with E-state index in [9.17, 15) is 15.0 Å². The molecule has 1 aromatic carbocycles. The zero-order chi connectivity index (χ0) is 23.7. The second-order valence-electron chi connectivity index (χ2n) is 13.1. The van der Waals surface area contributed by atoms with E-state index in [1.54, 1.807) is 0 Å². The van der Waals surface area contributed by atoms with Gasteiger partial charge < -0.3 is 15.5 Å². The molecule has 5 heteroatoms. The first kappa shape index (κ1) is 21.5. The molecular formula is C30H38N2O3. The molecule has 8 bridgehead atoms. The molecule has 0 aromatic heterocycles. The molecule has 1 aromatic rings. The molecule has 3 saturated carbocycles. The van der Waals surface area contributed by atoms with Gasteiger partial charge in [0.15, 0.2) is 0 Å². The highest BCUT2D eigenvalue weighted by atomic mass is 16.3. The van der Waals surface area contributed by atoms with Crippen LogP contribution in [0.1, 0.15) is 73.7 Å². The lowest BCUT2D eigenvalue weighted by Crippen LogP contribution is -2.61. The average Bonchev–Trinajstić information content (AvgIpc) is 3.13. The Labute approximate surface area is 208 Å². The summed E-state index contributed by atoms with van der Waals surface area (Å²) in [6.45, 7) is 2.29. The highest BCUT2D eigenvalue weighted by Crippen LogP contribution is 2.68. The Kier molecular flexibility index (Phi) is 4.35. The van der Waals surface area contributed by atoms with Crippen molar-refractivity contribution in [3.63, 3.8) is 0 Å². The minimum atomic E-state index is -0.732. The molecule has 4 aliphatic heterocycles. The van der Waals surface area contributed by atoms with Crippen molar-refractivity contribution < 1.29 is 15.0 Å². The fourth-order valence-corrected chi connectivity index (χ4v) is 10.9. The zero-order valence-corrected chi connectivity index (χ0v) is 20.6. The molecule has 9 rings (SSSR count). The van der Waals surface area contributed by atoms with Crippen molar-refractivity contribution in [2.45, 2.75) is 93.8 Å². The second-order valence-corrected chi connectivity index (χ2v) is 13.1. The Morgan fingerprint density at radius 2 is 1.97 bits per heavy atom. The number of piperidine rings is 2. The summed E-state index contributed by atoms with van der Waals surface area (Å²) in [5.74, 6) is 2.77. The maximum Gasteiger partial charge on any atom is 0.150 e. The van der Waals surface area contributed by atoms with Crippen molar-refractivity contribution in [2.75, 3.05) is 0 Å². The maximum absolute atomic E-state index is 12.1. The van der Waals surface area contributed by atoms with Gasteiger partial charge in [0.25, 0.3) is 0 Å². The number of hydrogen-bond donors (Lipinski definition) is 3. The highest BCUT2D eigenvalue weighted by molar-refractivity contribution is 5.74. The first-order valence-electron chi connectivity index (χ1n) is 14.2. The van der Waals surface area contributed by atoms with Gasteiger partial charge >= 0.3 is 0 Å². The van der Waals surface area contributed by atoms with Gasteiger partial charge in [0, 0.05) is 40.9 Å². The van der Waals surface area contributed by atoms with Crippen LogP contribution in [0.5, 0.6) is 0 Å². The van der Waals surface area contributed by atoms with Crippen molar-refractivity contribution in [2.24, 2.45) is 35.0 Å². The fourth-order valence-electron chi connectivity index (χ4n) is 10.9. The zero-order valence-electron chi connectivity index (χ0n) is 20.6. The lowest BCUT2D eigenvalue weighted by molar-refractivity contribution is -0.0164. The fraction of sp³-hybridized carbons (Fsp3) is 0.700. The quantitative estimate of drug-likeness (QED) is 0.354. The van der Waals surface area contributed by atoms with Gasteiger partial charge in [0.1, 0.15) is 12.0 Å². The largest absolute Gasteiger partial charge is 0.392 e. The number of aliphatic hydroxyl groups excluding tert-OH is 1. The third kappa shape index (κ3) is 2.52. The van der Waals surface area contributed by atoms with E-state index >= 15 is 0 Å². The Balaban J connectivity index is 1.13. The molecule has 1 spiro atoms. The first-order chi connectivity index (χ1) is 17.0. The van der Waals surface area contributed by atoms with E-state index in [4.69, 9.17) is 0 Å². The minimum Gasteiger partial charge on any atom is -0.392 e. The van der Waals surface area contributed by atoms with Crippen molar-refractivity contribution in [3.05, 3.63) is 47.5 Å². The molecule has 14 unspecified atom stereocenters. The molecule has 14 atom stereocenters. The van der Waals surface area contributed by atoms with Gasteiger partial charge in [0.05, 0.1) is 12.1 Å². The third-order valence-corrected chi connectivity index (χ3v) is 12.2. The van der Waals surface area contributed by atoms with Gasteiger partial charge in [0.2, 0.25) is 0 Å². The van der Waals surface area contributed by atoms with Gasteiger partial charge in [-0.15, -0.1) is 0 Å². The second kappa shape index (κ2) is 7.06. The molecule has 4 aliphatic carbocycles. The molecule has 0 radical (unpaired) electrons. The lowest BCUT2D eigenvalue weighted by atomic mass is 9.65. The standard InChI is InChI=1S/C30H38N2O3/c1-16(18-6-4-17(15-33)5-7-18)27-21-10-11-24-30(35,32(24)27)26(21)23-13-19-8-9-20-3-2-12-29(20)25(34)14-22(19)28(29)31-23/h4-7,10-11,15-16,19-28,31,34-35H,2-3,8-9,12-14H2,1H3. The van der Waals surface area contributed by atoms with Crippen LogP contribution >= 0.6 is 0 Å². The van der Waals surface area contributed by atoms with E-state index in [1.165, 1.54) is 37.7 Å². The average molecular weight is 475 g/mol. The molecule has 35 heavy (non-hydrogen) atoms. The molecule has 186 valence electrons. The topological polar surface area (TPSA) is 72.6 Å². The van der Waals surface area contributed by atoms with Crippen LogP contribution in [0, 0.1) is 35.0 Å². The molecule has 0 amide bonds. The number of aldehydes is 1. The molecular weight excluding hydrogens is 436 g/mol. The Hall–Kier alpha value is -1.53. The predicted molar refractivity (Wildman–Crippen MR) is 133 cm³/mol. The normalized spacial score (nSPS) is 55.3. The smallest absolute Gasteiger partial charge is 0.150 e.